The first-order valence-corrected chi connectivity index (χ1v) is 15.3. The maximum atomic E-state index is 6.17. The number of unbranched alkanes of at least 4 members (excludes halogenated alkanes) is 10. The fraction of sp³-hybridized carbons (Fsp3) is 0.697. The molecule has 0 unspecified atom stereocenters. The molecule has 0 spiro atoms. The topological polar surface area (TPSA) is 35.0 Å². The molecule has 1 aliphatic rings. The predicted molar refractivity (Wildman–Crippen MR) is 153 cm³/mol. The number of rotatable bonds is 18. The normalized spacial score (nSPS) is 17.8. The van der Waals surface area contributed by atoms with Gasteiger partial charge in [0.15, 0.2) is 0 Å². The van der Waals surface area contributed by atoms with Crippen LogP contribution in [-0.2, 0) is 6.42 Å². The van der Waals surface area contributed by atoms with Crippen molar-refractivity contribution in [3.05, 3.63) is 42.4 Å². The van der Waals surface area contributed by atoms with Crippen molar-refractivity contribution in [1.29, 1.82) is 0 Å². The van der Waals surface area contributed by atoms with E-state index in [9.17, 15) is 0 Å². The lowest BCUT2D eigenvalue weighted by molar-refractivity contribution is 0.177. The molecule has 0 radical (unpaired) electrons. The minimum absolute atomic E-state index is 0.718. The molecule has 1 saturated carbocycles. The fourth-order valence-electron chi connectivity index (χ4n) is 5.56. The Morgan fingerprint density at radius 3 is 1.92 bits per heavy atom. The quantitative estimate of drug-likeness (QED) is 0.194. The third-order valence-electron chi connectivity index (χ3n) is 8.06. The van der Waals surface area contributed by atoms with Crippen molar-refractivity contribution >= 4 is 0 Å². The zero-order valence-electron chi connectivity index (χ0n) is 23.4. The van der Waals surface area contributed by atoms with E-state index in [1.807, 2.05) is 12.4 Å². The van der Waals surface area contributed by atoms with Gasteiger partial charge in [0.2, 0.25) is 0 Å². The number of aromatic nitrogens is 2. The van der Waals surface area contributed by atoms with Crippen LogP contribution < -0.4 is 4.74 Å². The van der Waals surface area contributed by atoms with Crippen molar-refractivity contribution in [2.75, 3.05) is 6.61 Å². The van der Waals surface area contributed by atoms with Crippen LogP contribution in [-0.4, -0.2) is 16.6 Å². The van der Waals surface area contributed by atoms with Crippen LogP contribution in [0.1, 0.15) is 129 Å². The summed E-state index contributed by atoms with van der Waals surface area (Å²) in [7, 11) is 0. The lowest BCUT2D eigenvalue weighted by Gasteiger charge is -2.28. The van der Waals surface area contributed by atoms with Crippen LogP contribution in [0.3, 0.4) is 0 Å². The van der Waals surface area contributed by atoms with E-state index >= 15 is 0 Å². The monoisotopic (exact) mass is 492 g/mol. The van der Waals surface area contributed by atoms with Crippen molar-refractivity contribution in [3.63, 3.8) is 0 Å². The van der Waals surface area contributed by atoms with Gasteiger partial charge in [-0.2, -0.15) is 0 Å². The van der Waals surface area contributed by atoms with Crippen LogP contribution in [0.25, 0.3) is 11.3 Å². The van der Waals surface area contributed by atoms with E-state index in [0.717, 1.165) is 47.6 Å². The summed E-state index contributed by atoms with van der Waals surface area (Å²) in [6.07, 6.45) is 28.2. The summed E-state index contributed by atoms with van der Waals surface area (Å²) < 4.78 is 6.17. The minimum atomic E-state index is 0.718. The predicted octanol–water partition coefficient (Wildman–Crippen LogP) is 9.98. The van der Waals surface area contributed by atoms with Gasteiger partial charge in [0.25, 0.3) is 0 Å². The molecule has 0 atom stereocenters. The number of ether oxygens (including phenoxy) is 1. The highest BCUT2D eigenvalue weighted by Crippen LogP contribution is 2.32. The molecule has 1 fully saturated rings. The van der Waals surface area contributed by atoms with E-state index in [1.165, 1.54) is 109 Å². The van der Waals surface area contributed by atoms with Gasteiger partial charge in [0, 0.05) is 11.8 Å². The first-order chi connectivity index (χ1) is 17.8. The lowest BCUT2D eigenvalue weighted by Crippen LogP contribution is -2.20. The molecule has 3 nitrogen and oxygen atoms in total. The van der Waals surface area contributed by atoms with Crippen molar-refractivity contribution in [1.82, 2.24) is 9.97 Å². The van der Waals surface area contributed by atoms with Gasteiger partial charge in [-0.1, -0.05) is 104 Å². The number of hydrogen-bond donors (Lipinski definition) is 0. The van der Waals surface area contributed by atoms with Crippen molar-refractivity contribution in [3.8, 4) is 17.0 Å². The van der Waals surface area contributed by atoms with Gasteiger partial charge < -0.3 is 4.74 Å². The minimum Gasteiger partial charge on any atom is -0.493 e. The molecule has 1 aromatic heterocycles. The molecule has 0 saturated heterocycles. The molecule has 1 heterocycles. The molecule has 1 aromatic carbocycles. The molecule has 200 valence electrons. The van der Waals surface area contributed by atoms with Crippen LogP contribution in [0.5, 0.6) is 5.75 Å². The van der Waals surface area contributed by atoms with E-state index in [-0.39, 0.29) is 0 Å². The molecule has 2 aromatic rings. The average molecular weight is 493 g/mol. The molecule has 36 heavy (non-hydrogen) atoms. The number of benzene rings is 1. The van der Waals surface area contributed by atoms with Gasteiger partial charge in [-0.15, -0.1) is 0 Å². The molecule has 0 aliphatic heterocycles. The first kappa shape index (κ1) is 28.7. The van der Waals surface area contributed by atoms with Gasteiger partial charge >= 0.3 is 0 Å². The highest BCUT2D eigenvalue weighted by molar-refractivity contribution is 5.58. The Morgan fingerprint density at radius 2 is 1.28 bits per heavy atom. The van der Waals surface area contributed by atoms with Crippen LogP contribution in [0.2, 0.25) is 0 Å². The van der Waals surface area contributed by atoms with Gasteiger partial charge in [-0.05, 0) is 61.8 Å². The van der Waals surface area contributed by atoms with Gasteiger partial charge in [0.1, 0.15) is 5.75 Å². The Bertz CT molecular complexity index is 793. The summed E-state index contributed by atoms with van der Waals surface area (Å²) >= 11 is 0. The summed E-state index contributed by atoms with van der Waals surface area (Å²) in [5, 5.41) is 0. The standard InChI is InChI=1S/C33H52N2O/c1-3-5-7-9-10-12-14-16-31-25-35-33(26-34-31)30-21-23-32(24-22-30)36-27-29-19-17-28(18-20-29)15-13-11-8-6-4-2/h21-26,28-29H,3-20,27H2,1-2H3. The summed E-state index contributed by atoms with van der Waals surface area (Å²) in [5.74, 6) is 2.65. The van der Waals surface area contributed by atoms with Crippen molar-refractivity contribution < 1.29 is 4.74 Å². The molecule has 3 rings (SSSR count). The number of hydrogen-bond acceptors (Lipinski definition) is 3. The maximum absolute atomic E-state index is 6.17. The Kier molecular flexibility index (Phi) is 14.0. The van der Waals surface area contributed by atoms with E-state index in [2.05, 4.69) is 48.1 Å². The molecule has 1 aliphatic carbocycles. The van der Waals surface area contributed by atoms with Crippen LogP contribution >= 0.6 is 0 Å². The van der Waals surface area contributed by atoms with E-state index in [4.69, 9.17) is 4.74 Å². The van der Waals surface area contributed by atoms with E-state index < -0.39 is 0 Å². The largest absolute Gasteiger partial charge is 0.493 e. The third-order valence-corrected chi connectivity index (χ3v) is 8.06. The number of aryl methyl sites for hydroxylation is 1. The molecule has 0 amide bonds. The highest BCUT2D eigenvalue weighted by Gasteiger charge is 2.21. The summed E-state index contributed by atoms with van der Waals surface area (Å²) in [4.78, 5) is 9.34. The lowest BCUT2D eigenvalue weighted by atomic mass is 9.80. The average Bonchev–Trinajstić information content (AvgIpc) is 2.93. The van der Waals surface area contributed by atoms with Gasteiger partial charge in [-0.25, -0.2) is 0 Å². The Balaban J connectivity index is 1.31. The van der Waals surface area contributed by atoms with E-state index in [1.54, 1.807) is 0 Å². The third kappa shape index (κ3) is 11.0. The van der Waals surface area contributed by atoms with Gasteiger partial charge in [0.05, 0.1) is 24.2 Å². The zero-order chi connectivity index (χ0) is 25.3. The second-order valence-corrected chi connectivity index (χ2v) is 11.2. The van der Waals surface area contributed by atoms with E-state index in [0.29, 0.717) is 0 Å². The summed E-state index contributed by atoms with van der Waals surface area (Å²) in [6.45, 7) is 5.42. The summed E-state index contributed by atoms with van der Waals surface area (Å²) in [6, 6.07) is 8.41. The van der Waals surface area contributed by atoms with Crippen molar-refractivity contribution in [2.24, 2.45) is 11.8 Å². The maximum Gasteiger partial charge on any atom is 0.119 e. The van der Waals surface area contributed by atoms with Crippen LogP contribution in [0, 0.1) is 11.8 Å². The van der Waals surface area contributed by atoms with Crippen LogP contribution in [0.15, 0.2) is 36.7 Å². The molecular weight excluding hydrogens is 440 g/mol. The highest BCUT2D eigenvalue weighted by atomic mass is 16.5. The Morgan fingerprint density at radius 1 is 0.667 bits per heavy atom. The second-order valence-electron chi connectivity index (χ2n) is 11.2. The zero-order valence-corrected chi connectivity index (χ0v) is 23.4. The van der Waals surface area contributed by atoms with Crippen molar-refractivity contribution in [2.45, 2.75) is 129 Å². The molecule has 0 bridgehead atoms. The Hall–Kier alpha value is -1.90. The van der Waals surface area contributed by atoms with Crippen LogP contribution in [0.4, 0.5) is 0 Å². The second kappa shape index (κ2) is 17.5. The molecular formula is C33H52N2O. The SMILES string of the molecule is CCCCCCCCCc1cnc(-c2ccc(OCC3CCC(CCCCCCC)CC3)cc2)cn1. The summed E-state index contributed by atoms with van der Waals surface area (Å²) in [5.41, 5.74) is 3.16. The molecule has 0 N–H and O–H groups in total. The molecule has 3 heteroatoms. The first-order valence-electron chi connectivity index (χ1n) is 15.3. The number of nitrogens with zero attached hydrogens (tertiary/aromatic N) is 2. The smallest absolute Gasteiger partial charge is 0.119 e. The fourth-order valence-corrected chi connectivity index (χ4v) is 5.56. The Labute approximate surface area is 221 Å². The van der Waals surface area contributed by atoms with Gasteiger partial charge in [-0.3, -0.25) is 9.97 Å².